The third-order valence-corrected chi connectivity index (χ3v) is 5.48. The van der Waals surface area contributed by atoms with Gasteiger partial charge in [0.15, 0.2) is 11.5 Å². The van der Waals surface area contributed by atoms with Gasteiger partial charge in [-0.3, -0.25) is 9.69 Å². The molecule has 146 valence electrons. The first-order chi connectivity index (χ1) is 13.7. The van der Waals surface area contributed by atoms with Crippen LogP contribution in [-0.2, 0) is 4.79 Å². The maximum Gasteiger partial charge on any atom is 0.244 e. The Morgan fingerprint density at radius 3 is 2.75 bits per heavy atom. The first-order valence-corrected chi connectivity index (χ1v) is 9.92. The number of hydrogen-bond acceptors (Lipinski definition) is 4. The van der Waals surface area contributed by atoms with Crippen molar-refractivity contribution in [2.75, 3.05) is 26.4 Å². The van der Waals surface area contributed by atoms with Crippen LogP contribution in [0.25, 0.3) is 6.08 Å². The molecule has 1 fully saturated rings. The van der Waals surface area contributed by atoms with Gasteiger partial charge in [-0.15, -0.1) is 0 Å². The average Bonchev–Trinajstić information content (AvgIpc) is 3.39. The maximum absolute atomic E-state index is 12.4. The molecule has 5 nitrogen and oxygen atoms in total. The summed E-state index contributed by atoms with van der Waals surface area (Å²) in [5.74, 6) is 1.30. The van der Waals surface area contributed by atoms with Crippen LogP contribution in [0.4, 0.5) is 0 Å². The van der Waals surface area contributed by atoms with Crippen molar-refractivity contribution in [3.63, 3.8) is 0 Å². The molecular weight excluding hydrogens is 376 g/mol. The molecule has 2 aromatic carbocycles. The Morgan fingerprint density at radius 1 is 1.14 bits per heavy atom. The van der Waals surface area contributed by atoms with Gasteiger partial charge in [0.2, 0.25) is 12.7 Å². The lowest BCUT2D eigenvalue weighted by atomic mass is 10.1. The predicted octanol–water partition coefficient (Wildman–Crippen LogP) is 4.04. The number of hydrogen-bond donors (Lipinski definition) is 1. The highest BCUT2D eigenvalue weighted by Crippen LogP contribution is 2.33. The van der Waals surface area contributed by atoms with Crippen molar-refractivity contribution in [3.05, 3.63) is 64.7 Å². The van der Waals surface area contributed by atoms with Gasteiger partial charge >= 0.3 is 0 Å². The van der Waals surface area contributed by atoms with Crippen molar-refractivity contribution < 1.29 is 14.3 Å². The summed E-state index contributed by atoms with van der Waals surface area (Å²) in [6.45, 7) is 2.81. The van der Waals surface area contributed by atoms with E-state index in [1.165, 1.54) is 12.8 Å². The van der Waals surface area contributed by atoms with Crippen molar-refractivity contribution >= 4 is 23.6 Å². The Kier molecular flexibility index (Phi) is 5.84. The summed E-state index contributed by atoms with van der Waals surface area (Å²) in [5, 5.41) is 3.77. The molecule has 1 atom stereocenters. The molecule has 28 heavy (non-hydrogen) atoms. The molecular formula is C22H23ClN2O3. The number of carbonyl (C=O) groups is 1. The van der Waals surface area contributed by atoms with Crippen LogP contribution in [0.5, 0.6) is 11.5 Å². The van der Waals surface area contributed by atoms with Crippen LogP contribution in [0, 0.1) is 0 Å². The number of nitrogens with one attached hydrogen (secondary N) is 1. The number of nitrogens with zero attached hydrogens (tertiary/aromatic N) is 1. The minimum Gasteiger partial charge on any atom is -0.454 e. The number of benzene rings is 2. The Balaban J connectivity index is 1.40. The number of ether oxygens (including phenoxy) is 2. The van der Waals surface area contributed by atoms with Crippen LogP contribution in [-0.4, -0.2) is 37.2 Å². The Hall–Kier alpha value is -2.50. The van der Waals surface area contributed by atoms with Crippen LogP contribution in [0.1, 0.15) is 30.0 Å². The quantitative estimate of drug-likeness (QED) is 0.746. The number of rotatable bonds is 6. The standard InChI is InChI=1S/C22H23ClN2O3/c23-18-6-2-1-5-17(18)19(25-11-3-4-12-25)14-24-22(26)10-8-16-7-9-20-21(13-16)28-15-27-20/h1-2,5-10,13,19H,3-4,11-12,14-15H2,(H,24,26)/b10-8+/t19-/m0/s1. The van der Waals surface area contributed by atoms with E-state index in [-0.39, 0.29) is 18.7 Å². The zero-order valence-corrected chi connectivity index (χ0v) is 16.3. The molecule has 2 aliphatic rings. The molecule has 0 aliphatic carbocycles. The van der Waals surface area contributed by atoms with Gasteiger partial charge in [-0.05, 0) is 61.3 Å². The normalized spacial score (nSPS) is 17.2. The van der Waals surface area contributed by atoms with E-state index in [2.05, 4.69) is 10.2 Å². The maximum atomic E-state index is 12.4. The second-order valence-electron chi connectivity index (χ2n) is 6.97. The van der Waals surface area contributed by atoms with E-state index in [0.29, 0.717) is 12.3 Å². The molecule has 1 amide bonds. The number of fused-ring (bicyclic) bond motifs is 1. The van der Waals surface area contributed by atoms with E-state index in [4.69, 9.17) is 21.1 Å². The highest BCUT2D eigenvalue weighted by molar-refractivity contribution is 6.31. The molecule has 2 heterocycles. The van der Waals surface area contributed by atoms with Gasteiger partial charge in [0, 0.05) is 17.6 Å². The van der Waals surface area contributed by atoms with E-state index in [1.807, 2.05) is 42.5 Å². The Morgan fingerprint density at radius 2 is 1.93 bits per heavy atom. The molecule has 2 aromatic rings. The summed E-state index contributed by atoms with van der Waals surface area (Å²) in [6, 6.07) is 13.6. The average molecular weight is 399 g/mol. The van der Waals surface area contributed by atoms with Crippen molar-refractivity contribution in [1.29, 1.82) is 0 Å². The van der Waals surface area contributed by atoms with Crippen molar-refractivity contribution in [1.82, 2.24) is 10.2 Å². The van der Waals surface area contributed by atoms with Gasteiger partial charge in [0.25, 0.3) is 0 Å². The van der Waals surface area contributed by atoms with Crippen molar-refractivity contribution in [2.24, 2.45) is 0 Å². The van der Waals surface area contributed by atoms with Crippen molar-refractivity contribution in [3.8, 4) is 11.5 Å². The zero-order valence-electron chi connectivity index (χ0n) is 15.6. The van der Waals surface area contributed by atoms with Gasteiger partial charge < -0.3 is 14.8 Å². The summed E-state index contributed by atoms with van der Waals surface area (Å²) in [5.41, 5.74) is 1.95. The molecule has 0 saturated carbocycles. The van der Waals surface area contributed by atoms with E-state index in [0.717, 1.165) is 35.0 Å². The molecule has 0 spiro atoms. The lowest BCUT2D eigenvalue weighted by Crippen LogP contribution is -2.36. The lowest BCUT2D eigenvalue weighted by Gasteiger charge is -2.28. The molecule has 6 heteroatoms. The smallest absolute Gasteiger partial charge is 0.244 e. The molecule has 1 saturated heterocycles. The fraction of sp³-hybridized carbons (Fsp3) is 0.318. The van der Waals surface area contributed by atoms with Gasteiger partial charge in [-0.1, -0.05) is 35.9 Å². The van der Waals surface area contributed by atoms with Crippen LogP contribution >= 0.6 is 11.6 Å². The number of carbonyl (C=O) groups excluding carboxylic acids is 1. The Labute approximate surface area is 169 Å². The van der Waals surface area contributed by atoms with Crippen LogP contribution in [0.3, 0.4) is 0 Å². The highest BCUT2D eigenvalue weighted by Gasteiger charge is 2.25. The second-order valence-corrected chi connectivity index (χ2v) is 7.38. The first kappa shape index (κ1) is 18.8. The molecule has 0 bridgehead atoms. The van der Waals surface area contributed by atoms with E-state index in [1.54, 1.807) is 12.2 Å². The molecule has 2 aliphatic heterocycles. The van der Waals surface area contributed by atoms with Gasteiger partial charge in [-0.25, -0.2) is 0 Å². The number of amides is 1. The molecule has 0 aromatic heterocycles. The predicted molar refractivity (Wildman–Crippen MR) is 110 cm³/mol. The fourth-order valence-electron chi connectivity index (χ4n) is 3.68. The second kappa shape index (κ2) is 8.67. The van der Waals surface area contributed by atoms with Crippen LogP contribution in [0.2, 0.25) is 5.02 Å². The highest BCUT2D eigenvalue weighted by atomic mass is 35.5. The minimum absolute atomic E-state index is 0.0825. The molecule has 4 rings (SSSR count). The third kappa shape index (κ3) is 4.32. The monoisotopic (exact) mass is 398 g/mol. The summed E-state index contributed by atoms with van der Waals surface area (Å²) in [6.07, 6.45) is 5.68. The lowest BCUT2D eigenvalue weighted by molar-refractivity contribution is -0.116. The topological polar surface area (TPSA) is 50.8 Å². The third-order valence-electron chi connectivity index (χ3n) is 5.14. The van der Waals surface area contributed by atoms with Crippen LogP contribution in [0.15, 0.2) is 48.5 Å². The largest absolute Gasteiger partial charge is 0.454 e. The zero-order chi connectivity index (χ0) is 19.3. The van der Waals surface area contributed by atoms with Crippen molar-refractivity contribution in [2.45, 2.75) is 18.9 Å². The summed E-state index contributed by atoms with van der Waals surface area (Å²) >= 11 is 6.42. The van der Waals surface area contributed by atoms with E-state index in [9.17, 15) is 4.79 Å². The van der Waals surface area contributed by atoms with Gasteiger partial charge in [-0.2, -0.15) is 0 Å². The fourth-order valence-corrected chi connectivity index (χ4v) is 3.94. The Bertz CT molecular complexity index is 878. The number of halogens is 1. The van der Waals surface area contributed by atoms with E-state index < -0.39 is 0 Å². The molecule has 0 unspecified atom stereocenters. The molecule has 0 radical (unpaired) electrons. The van der Waals surface area contributed by atoms with Gasteiger partial charge in [0.05, 0.1) is 6.04 Å². The summed E-state index contributed by atoms with van der Waals surface area (Å²) < 4.78 is 10.7. The summed E-state index contributed by atoms with van der Waals surface area (Å²) in [7, 11) is 0. The SMILES string of the molecule is O=C(/C=C/c1ccc2c(c1)OCO2)NC[C@@H](c1ccccc1Cl)N1CCCC1. The first-order valence-electron chi connectivity index (χ1n) is 9.55. The summed E-state index contributed by atoms with van der Waals surface area (Å²) in [4.78, 5) is 14.8. The minimum atomic E-state index is -0.131. The molecule has 1 N–H and O–H groups in total. The number of likely N-dealkylation sites (tertiary alicyclic amines) is 1. The van der Waals surface area contributed by atoms with Crippen LogP contribution < -0.4 is 14.8 Å². The van der Waals surface area contributed by atoms with Gasteiger partial charge in [0.1, 0.15) is 0 Å². The van der Waals surface area contributed by atoms with E-state index >= 15 is 0 Å².